The van der Waals surface area contributed by atoms with Gasteiger partial charge in [0.2, 0.25) is 0 Å². The highest BCUT2D eigenvalue weighted by molar-refractivity contribution is 5.69. The molecule has 0 radical (unpaired) electrons. The van der Waals surface area contributed by atoms with E-state index in [1.54, 1.807) is 7.11 Å². The number of carbonyl (C=O) groups is 1. The Labute approximate surface area is 197 Å². The van der Waals surface area contributed by atoms with Crippen LogP contribution in [0, 0.1) is 5.92 Å². The molecular formula is C27H36N2O4. The second-order valence-corrected chi connectivity index (χ2v) is 9.63. The average molecular weight is 453 g/mol. The Kier molecular flexibility index (Phi) is 7.56. The zero-order valence-corrected chi connectivity index (χ0v) is 20.0. The predicted octanol–water partition coefficient (Wildman–Crippen LogP) is 4.82. The van der Waals surface area contributed by atoms with Crippen LogP contribution in [0.1, 0.15) is 38.7 Å². The van der Waals surface area contributed by atoms with Gasteiger partial charge in [-0.3, -0.25) is 4.90 Å². The Balaban J connectivity index is 1.32. The minimum atomic E-state index is -0.524. The Morgan fingerprint density at radius 3 is 2.21 bits per heavy atom. The number of fused-ring (bicyclic) bond motifs is 3. The lowest BCUT2D eigenvalue weighted by Gasteiger charge is -2.44. The molecule has 1 atom stereocenters. The zero-order valence-electron chi connectivity index (χ0n) is 20.0. The van der Waals surface area contributed by atoms with Gasteiger partial charge in [-0.05, 0) is 74.5 Å². The summed E-state index contributed by atoms with van der Waals surface area (Å²) in [6.07, 6.45) is 2.81. The summed E-state index contributed by atoms with van der Waals surface area (Å²) in [7, 11) is 1.70. The maximum atomic E-state index is 12.6. The van der Waals surface area contributed by atoms with Gasteiger partial charge in [0.05, 0.1) is 12.1 Å². The van der Waals surface area contributed by atoms with Crippen LogP contribution in [-0.4, -0.2) is 57.1 Å². The van der Waals surface area contributed by atoms with Crippen molar-refractivity contribution in [2.75, 3.05) is 40.0 Å². The van der Waals surface area contributed by atoms with Crippen LogP contribution in [0.15, 0.2) is 48.5 Å². The number of rotatable bonds is 9. The first-order chi connectivity index (χ1) is 15.9. The number of carbonyl (C=O) groups excluding carboxylic acids is 1. The number of alkyl carbamates (subject to hydrolysis) is 1. The molecule has 1 N–H and O–H groups in total. The van der Waals surface area contributed by atoms with Crippen LogP contribution in [0.25, 0.3) is 11.1 Å². The van der Waals surface area contributed by atoms with Gasteiger partial charge in [0, 0.05) is 26.7 Å². The molecular weight excluding hydrogens is 416 g/mol. The van der Waals surface area contributed by atoms with Crippen molar-refractivity contribution >= 4 is 6.09 Å². The first kappa shape index (κ1) is 23.6. The molecule has 0 saturated carbocycles. The molecule has 3 aliphatic rings. The van der Waals surface area contributed by atoms with Crippen molar-refractivity contribution in [3.05, 3.63) is 54.1 Å². The topological polar surface area (TPSA) is 60.0 Å². The number of hydrogen-bond donors (Lipinski definition) is 1. The average Bonchev–Trinajstić information content (AvgIpc) is 2.83. The number of piperidine rings is 3. The molecule has 6 nitrogen and oxygen atoms in total. The first-order valence-electron chi connectivity index (χ1n) is 12.0. The van der Waals surface area contributed by atoms with Crippen molar-refractivity contribution in [1.29, 1.82) is 0 Å². The van der Waals surface area contributed by atoms with E-state index in [0.29, 0.717) is 19.1 Å². The van der Waals surface area contributed by atoms with Gasteiger partial charge in [-0.1, -0.05) is 36.4 Å². The smallest absolute Gasteiger partial charge is 0.408 e. The molecule has 2 aromatic carbocycles. The highest BCUT2D eigenvalue weighted by atomic mass is 16.6. The second-order valence-electron chi connectivity index (χ2n) is 9.63. The number of amides is 1. The van der Waals surface area contributed by atoms with Gasteiger partial charge < -0.3 is 19.5 Å². The van der Waals surface area contributed by atoms with Crippen molar-refractivity contribution in [1.82, 2.24) is 10.2 Å². The van der Waals surface area contributed by atoms with Gasteiger partial charge in [0.1, 0.15) is 11.9 Å². The molecule has 0 aromatic heterocycles. The molecule has 6 heteroatoms. The normalized spacial score (nSPS) is 22.1. The van der Waals surface area contributed by atoms with Crippen LogP contribution >= 0.6 is 0 Å². The maximum Gasteiger partial charge on any atom is 0.408 e. The molecule has 3 heterocycles. The van der Waals surface area contributed by atoms with E-state index < -0.39 is 5.54 Å². The summed E-state index contributed by atoms with van der Waals surface area (Å²) in [5, 5.41) is 3.07. The Morgan fingerprint density at radius 1 is 1.00 bits per heavy atom. The Morgan fingerprint density at radius 2 is 1.64 bits per heavy atom. The van der Waals surface area contributed by atoms with Crippen molar-refractivity contribution in [3.8, 4) is 16.9 Å². The molecule has 5 rings (SSSR count). The van der Waals surface area contributed by atoms with Crippen molar-refractivity contribution in [3.63, 3.8) is 0 Å². The number of ether oxygens (including phenoxy) is 3. The third kappa shape index (κ3) is 6.06. The minimum absolute atomic E-state index is 0.0117. The number of methoxy groups -OCH3 is 1. The van der Waals surface area contributed by atoms with Gasteiger partial charge in [-0.25, -0.2) is 4.79 Å². The van der Waals surface area contributed by atoms with Crippen LogP contribution < -0.4 is 10.1 Å². The fourth-order valence-electron chi connectivity index (χ4n) is 4.75. The molecule has 0 aliphatic carbocycles. The quantitative estimate of drug-likeness (QED) is 0.553. The minimum Gasteiger partial charge on any atom is -0.494 e. The summed E-state index contributed by atoms with van der Waals surface area (Å²) in [5.74, 6) is 1.36. The largest absolute Gasteiger partial charge is 0.494 e. The standard InChI is InChI=1S/C27H36N2O4/c1-27(2,28-26(30)33-25-19-29-15-13-22(25)14-16-29)23-9-5-20(6-10-23)21-7-11-24(12-8-21)32-18-4-17-31-3/h5-12,22,25H,4,13-19H2,1-3H3,(H,28,30). The molecule has 1 unspecified atom stereocenters. The summed E-state index contributed by atoms with van der Waals surface area (Å²) < 4.78 is 16.6. The number of nitrogens with zero attached hydrogens (tertiary/aromatic N) is 1. The molecule has 3 fully saturated rings. The molecule has 3 saturated heterocycles. The van der Waals surface area contributed by atoms with E-state index in [1.807, 2.05) is 26.0 Å². The lowest BCUT2D eigenvalue weighted by Crippen LogP contribution is -2.53. The predicted molar refractivity (Wildman–Crippen MR) is 129 cm³/mol. The third-order valence-electron chi connectivity index (χ3n) is 6.82. The van der Waals surface area contributed by atoms with Gasteiger partial charge in [-0.15, -0.1) is 0 Å². The monoisotopic (exact) mass is 452 g/mol. The first-order valence-corrected chi connectivity index (χ1v) is 12.0. The third-order valence-corrected chi connectivity index (χ3v) is 6.82. The van der Waals surface area contributed by atoms with E-state index >= 15 is 0 Å². The van der Waals surface area contributed by atoms with E-state index in [1.165, 1.54) is 0 Å². The molecule has 178 valence electrons. The maximum absolute atomic E-state index is 12.6. The van der Waals surface area contributed by atoms with E-state index in [2.05, 4.69) is 46.6 Å². The lowest BCUT2D eigenvalue weighted by atomic mass is 9.86. The summed E-state index contributed by atoms with van der Waals surface area (Å²) in [6, 6.07) is 16.4. The number of benzene rings is 2. The van der Waals surface area contributed by atoms with Crippen LogP contribution in [0.3, 0.4) is 0 Å². The van der Waals surface area contributed by atoms with Crippen LogP contribution in [0.2, 0.25) is 0 Å². The fourth-order valence-corrected chi connectivity index (χ4v) is 4.75. The van der Waals surface area contributed by atoms with Gasteiger partial charge in [0.15, 0.2) is 0 Å². The van der Waals surface area contributed by atoms with E-state index in [-0.39, 0.29) is 12.2 Å². The summed E-state index contributed by atoms with van der Waals surface area (Å²) >= 11 is 0. The van der Waals surface area contributed by atoms with Gasteiger partial charge in [-0.2, -0.15) is 0 Å². The Bertz CT molecular complexity index is 903. The van der Waals surface area contributed by atoms with Gasteiger partial charge in [0.25, 0.3) is 0 Å². The molecule has 2 aromatic rings. The van der Waals surface area contributed by atoms with E-state index in [9.17, 15) is 4.79 Å². The summed E-state index contributed by atoms with van der Waals surface area (Å²) in [6.45, 7) is 8.50. The van der Waals surface area contributed by atoms with E-state index in [0.717, 1.165) is 61.3 Å². The number of nitrogens with one attached hydrogen (secondary N) is 1. The lowest BCUT2D eigenvalue weighted by molar-refractivity contribution is -0.0349. The molecule has 0 spiro atoms. The van der Waals surface area contributed by atoms with Crippen LogP contribution in [0.4, 0.5) is 4.79 Å². The molecule has 1 amide bonds. The zero-order chi connectivity index (χ0) is 23.3. The fraction of sp³-hybridized carbons (Fsp3) is 0.519. The molecule has 3 aliphatic heterocycles. The van der Waals surface area contributed by atoms with Gasteiger partial charge >= 0.3 is 6.09 Å². The van der Waals surface area contributed by atoms with Crippen molar-refractivity contribution in [2.45, 2.75) is 44.8 Å². The molecule has 2 bridgehead atoms. The SMILES string of the molecule is COCCCOc1ccc(-c2ccc(C(C)(C)NC(=O)OC3CN4CCC3CC4)cc2)cc1. The summed E-state index contributed by atoms with van der Waals surface area (Å²) in [4.78, 5) is 15.0. The van der Waals surface area contributed by atoms with Crippen LogP contribution in [0.5, 0.6) is 5.75 Å². The number of hydrogen-bond acceptors (Lipinski definition) is 5. The van der Waals surface area contributed by atoms with Crippen molar-refractivity contribution in [2.24, 2.45) is 5.92 Å². The molecule has 33 heavy (non-hydrogen) atoms. The van der Waals surface area contributed by atoms with Crippen LogP contribution in [-0.2, 0) is 15.0 Å². The highest BCUT2D eigenvalue weighted by Crippen LogP contribution is 2.30. The highest BCUT2D eigenvalue weighted by Gasteiger charge is 2.37. The summed E-state index contributed by atoms with van der Waals surface area (Å²) in [5.41, 5.74) is 2.76. The van der Waals surface area contributed by atoms with E-state index in [4.69, 9.17) is 14.2 Å². The van der Waals surface area contributed by atoms with Crippen molar-refractivity contribution < 1.29 is 19.0 Å². The second kappa shape index (κ2) is 10.6. The Hall–Kier alpha value is -2.57.